The highest BCUT2D eigenvalue weighted by Crippen LogP contribution is 2.18. The van der Waals surface area contributed by atoms with E-state index < -0.39 is 10.0 Å². The second kappa shape index (κ2) is 5.88. The lowest BCUT2D eigenvalue weighted by atomic mass is 10.3. The van der Waals surface area contributed by atoms with Crippen LogP contribution in [0, 0.1) is 0 Å². The average Bonchev–Trinajstić information content (AvgIpc) is 2.26. The molecule has 1 rings (SSSR count). The summed E-state index contributed by atoms with van der Waals surface area (Å²) in [4.78, 5) is 1.91. The molecular formula is C11H19N3O2S. The summed E-state index contributed by atoms with van der Waals surface area (Å²) in [6, 6.07) is 7.25. The van der Waals surface area contributed by atoms with Crippen molar-refractivity contribution in [3.05, 3.63) is 24.3 Å². The van der Waals surface area contributed by atoms with Crippen molar-refractivity contribution in [3.63, 3.8) is 0 Å². The summed E-state index contributed by atoms with van der Waals surface area (Å²) >= 11 is 0. The highest BCUT2D eigenvalue weighted by molar-refractivity contribution is 7.92. The van der Waals surface area contributed by atoms with Crippen LogP contribution in [0.15, 0.2) is 24.3 Å². The molecule has 0 atom stereocenters. The molecule has 0 aliphatic carbocycles. The van der Waals surface area contributed by atoms with Gasteiger partial charge in [0, 0.05) is 19.8 Å². The number of nitrogens with two attached hydrogens (primary N) is 1. The molecule has 0 aromatic heterocycles. The van der Waals surface area contributed by atoms with Crippen molar-refractivity contribution in [1.29, 1.82) is 0 Å². The summed E-state index contributed by atoms with van der Waals surface area (Å²) in [6.07, 6.45) is 0.461. The number of rotatable bonds is 6. The van der Waals surface area contributed by atoms with Crippen molar-refractivity contribution in [2.45, 2.75) is 6.42 Å². The number of sulfonamides is 1. The third-order valence-electron chi connectivity index (χ3n) is 2.25. The van der Waals surface area contributed by atoms with Crippen LogP contribution in [-0.2, 0) is 10.0 Å². The van der Waals surface area contributed by atoms with Crippen LogP contribution in [-0.4, -0.2) is 34.8 Å². The molecule has 0 heterocycles. The maximum Gasteiger partial charge on any atom is 0.232 e. The minimum Gasteiger partial charge on any atom is -0.378 e. The Morgan fingerprint density at radius 1 is 1.35 bits per heavy atom. The number of anilines is 2. The van der Waals surface area contributed by atoms with E-state index in [1.54, 1.807) is 12.1 Å². The Hall–Kier alpha value is -1.27. The molecule has 1 aromatic rings. The highest BCUT2D eigenvalue weighted by Gasteiger charge is 2.09. The summed E-state index contributed by atoms with van der Waals surface area (Å²) in [5, 5.41) is 0. The fraction of sp³-hybridized carbons (Fsp3) is 0.455. The molecule has 6 heteroatoms. The fourth-order valence-corrected chi connectivity index (χ4v) is 2.49. The second-order valence-corrected chi connectivity index (χ2v) is 5.85. The minimum atomic E-state index is -3.29. The van der Waals surface area contributed by atoms with Gasteiger partial charge in [-0.25, -0.2) is 8.42 Å². The summed E-state index contributed by atoms with van der Waals surface area (Å²) in [7, 11) is 0.522. The van der Waals surface area contributed by atoms with Crippen molar-refractivity contribution >= 4 is 21.4 Å². The topological polar surface area (TPSA) is 75.4 Å². The van der Waals surface area contributed by atoms with E-state index in [1.807, 2.05) is 31.1 Å². The van der Waals surface area contributed by atoms with E-state index in [9.17, 15) is 8.42 Å². The molecule has 0 spiro atoms. The van der Waals surface area contributed by atoms with Crippen molar-refractivity contribution in [2.24, 2.45) is 5.73 Å². The molecule has 0 bridgehead atoms. The molecule has 0 amide bonds. The largest absolute Gasteiger partial charge is 0.378 e. The van der Waals surface area contributed by atoms with Gasteiger partial charge in [0.2, 0.25) is 10.0 Å². The van der Waals surface area contributed by atoms with Crippen LogP contribution in [0.3, 0.4) is 0 Å². The first-order chi connectivity index (χ1) is 7.94. The Kier molecular flexibility index (Phi) is 4.77. The number of nitrogens with one attached hydrogen (secondary N) is 1. The minimum absolute atomic E-state index is 0.0513. The molecule has 17 heavy (non-hydrogen) atoms. The SMILES string of the molecule is CN(C)c1cccc(NS(=O)(=O)CCCN)c1. The van der Waals surface area contributed by atoms with Gasteiger partial charge in [-0.2, -0.15) is 0 Å². The Morgan fingerprint density at radius 3 is 2.65 bits per heavy atom. The molecule has 0 radical (unpaired) electrons. The summed E-state index contributed by atoms with van der Waals surface area (Å²) in [5.41, 5.74) is 6.82. The standard InChI is InChI=1S/C11H19N3O2S/c1-14(2)11-6-3-5-10(9-11)13-17(15,16)8-4-7-12/h3,5-6,9,13H,4,7-8,12H2,1-2H3. The van der Waals surface area contributed by atoms with E-state index in [0.29, 0.717) is 18.7 Å². The van der Waals surface area contributed by atoms with Crippen LogP contribution in [0.4, 0.5) is 11.4 Å². The van der Waals surface area contributed by atoms with Gasteiger partial charge in [0.25, 0.3) is 0 Å². The van der Waals surface area contributed by atoms with Crippen molar-refractivity contribution in [2.75, 3.05) is 36.0 Å². The molecule has 0 aliphatic heterocycles. The molecular weight excluding hydrogens is 238 g/mol. The molecule has 0 saturated heterocycles. The van der Waals surface area contributed by atoms with E-state index in [-0.39, 0.29) is 5.75 Å². The van der Waals surface area contributed by atoms with Crippen LogP contribution < -0.4 is 15.4 Å². The van der Waals surface area contributed by atoms with Gasteiger partial charge in [-0.05, 0) is 31.2 Å². The third-order valence-corrected chi connectivity index (χ3v) is 3.63. The number of nitrogens with zero attached hydrogens (tertiary/aromatic N) is 1. The van der Waals surface area contributed by atoms with Crippen molar-refractivity contribution in [1.82, 2.24) is 0 Å². The molecule has 0 aliphatic rings. The molecule has 96 valence electrons. The third kappa shape index (κ3) is 4.62. The van der Waals surface area contributed by atoms with Crippen LogP contribution >= 0.6 is 0 Å². The van der Waals surface area contributed by atoms with Gasteiger partial charge in [-0.1, -0.05) is 6.07 Å². The second-order valence-electron chi connectivity index (χ2n) is 4.01. The van der Waals surface area contributed by atoms with E-state index in [2.05, 4.69) is 4.72 Å². The number of hydrogen-bond donors (Lipinski definition) is 2. The molecule has 3 N–H and O–H groups in total. The van der Waals surface area contributed by atoms with Crippen LogP contribution in [0.5, 0.6) is 0 Å². The van der Waals surface area contributed by atoms with Gasteiger partial charge < -0.3 is 10.6 Å². The zero-order valence-corrected chi connectivity index (χ0v) is 11.0. The first kappa shape index (κ1) is 13.8. The lowest BCUT2D eigenvalue weighted by Gasteiger charge is -2.14. The van der Waals surface area contributed by atoms with E-state index in [1.165, 1.54) is 0 Å². The molecule has 1 aromatic carbocycles. The lowest BCUT2D eigenvalue weighted by Crippen LogP contribution is -2.19. The lowest BCUT2D eigenvalue weighted by molar-refractivity contribution is 0.599. The summed E-state index contributed by atoms with van der Waals surface area (Å²) in [6.45, 7) is 0.374. The Labute approximate surface area is 103 Å². The Morgan fingerprint density at radius 2 is 2.06 bits per heavy atom. The van der Waals surface area contributed by atoms with Gasteiger partial charge in [-0.15, -0.1) is 0 Å². The van der Waals surface area contributed by atoms with Crippen LogP contribution in [0.1, 0.15) is 6.42 Å². The fourth-order valence-electron chi connectivity index (χ4n) is 1.35. The van der Waals surface area contributed by atoms with Gasteiger partial charge in [0.15, 0.2) is 0 Å². The van der Waals surface area contributed by atoms with Crippen molar-refractivity contribution in [3.8, 4) is 0 Å². The van der Waals surface area contributed by atoms with Gasteiger partial charge in [0.1, 0.15) is 0 Å². The van der Waals surface area contributed by atoms with Gasteiger partial charge >= 0.3 is 0 Å². The first-order valence-corrected chi connectivity index (χ1v) is 7.08. The summed E-state index contributed by atoms with van der Waals surface area (Å²) in [5.74, 6) is 0.0513. The normalized spacial score (nSPS) is 11.2. The average molecular weight is 257 g/mol. The van der Waals surface area contributed by atoms with E-state index >= 15 is 0 Å². The summed E-state index contributed by atoms with van der Waals surface area (Å²) < 4.78 is 25.9. The van der Waals surface area contributed by atoms with Crippen LogP contribution in [0.25, 0.3) is 0 Å². The maximum atomic E-state index is 11.7. The number of benzene rings is 1. The Bertz CT molecular complexity index is 458. The first-order valence-electron chi connectivity index (χ1n) is 5.42. The maximum absolute atomic E-state index is 11.7. The van der Waals surface area contributed by atoms with Gasteiger partial charge in [-0.3, -0.25) is 4.72 Å². The smallest absolute Gasteiger partial charge is 0.232 e. The molecule has 0 unspecified atom stereocenters. The highest BCUT2D eigenvalue weighted by atomic mass is 32.2. The number of hydrogen-bond acceptors (Lipinski definition) is 4. The van der Waals surface area contributed by atoms with Gasteiger partial charge in [0.05, 0.1) is 11.4 Å². The predicted octanol–water partition coefficient (Wildman–Crippen LogP) is 0.843. The quantitative estimate of drug-likeness (QED) is 0.792. The Balaban J connectivity index is 2.78. The predicted molar refractivity (Wildman–Crippen MR) is 71.8 cm³/mol. The van der Waals surface area contributed by atoms with E-state index in [4.69, 9.17) is 5.73 Å². The molecule has 0 saturated carbocycles. The zero-order chi connectivity index (χ0) is 12.9. The molecule has 0 fully saturated rings. The van der Waals surface area contributed by atoms with Crippen LogP contribution in [0.2, 0.25) is 0 Å². The van der Waals surface area contributed by atoms with E-state index in [0.717, 1.165) is 5.69 Å². The molecule has 5 nitrogen and oxygen atoms in total. The zero-order valence-electron chi connectivity index (χ0n) is 10.2. The monoisotopic (exact) mass is 257 g/mol. The van der Waals surface area contributed by atoms with Crippen molar-refractivity contribution < 1.29 is 8.42 Å².